The minimum atomic E-state index is 0.823. The van der Waals surface area contributed by atoms with Gasteiger partial charge in [0.15, 0.2) is 0 Å². The smallest absolute Gasteiger partial charge is 0.0462 e. The number of rotatable bonds is 10. The first-order valence-corrected chi connectivity index (χ1v) is 6.00. The number of nitrogens with one attached hydrogen (secondary N) is 1. The summed E-state index contributed by atoms with van der Waals surface area (Å²) in [4.78, 5) is 0. The van der Waals surface area contributed by atoms with Gasteiger partial charge in [-0.2, -0.15) is 0 Å². The third kappa shape index (κ3) is 10.0. The molecule has 0 saturated carbocycles. The molecular formula is C12H27NO. The highest BCUT2D eigenvalue weighted by Gasteiger charge is 2.00. The van der Waals surface area contributed by atoms with Crippen LogP contribution in [0.1, 0.15) is 46.0 Å². The van der Waals surface area contributed by atoms with E-state index in [-0.39, 0.29) is 0 Å². The summed E-state index contributed by atoms with van der Waals surface area (Å²) in [5.74, 6) is 0.823. The van der Waals surface area contributed by atoms with Crippen molar-refractivity contribution in [2.24, 2.45) is 5.92 Å². The van der Waals surface area contributed by atoms with Crippen LogP contribution in [0.3, 0.4) is 0 Å². The first-order chi connectivity index (χ1) is 6.81. The molecule has 1 N–H and O–H groups in total. The average molecular weight is 201 g/mol. The van der Waals surface area contributed by atoms with Gasteiger partial charge in [0.25, 0.3) is 0 Å². The minimum Gasteiger partial charge on any atom is -0.385 e. The molecule has 0 aromatic rings. The fraction of sp³-hybridized carbons (Fsp3) is 1.00. The number of hydrogen-bond acceptors (Lipinski definition) is 2. The van der Waals surface area contributed by atoms with Crippen molar-refractivity contribution in [3.63, 3.8) is 0 Å². The Morgan fingerprint density at radius 1 is 1.21 bits per heavy atom. The van der Waals surface area contributed by atoms with E-state index in [1.54, 1.807) is 7.11 Å². The van der Waals surface area contributed by atoms with Crippen molar-refractivity contribution in [3.8, 4) is 0 Å². The zero-order valence-electron chi connectivity index (χ0n) is 10.1. The standard InChI is InChI=1S/C12H27NO/c1-4-9-13-11-12(2)8-6-5-7-10-14-3/h12-13H,4-11H2,1-3H3. The molecule has 0 rings (SSSR count). The van der Waals surface area contributed by atoms with Crippen LogP contribution in [0.2, 0.25) is 0 Å². The lowest BCUT2D eigenvalue weighted by Crippen LogP contribution is -2.21. The normalized spacial score (nSPS) is 13.1. The molecule has 0 fully saturated rings. The average Bonchev–Trinajstić information content (AvgIpc) is 2.18. The van der Waals surface area contributed by atoms with Crippen LogP contribution < -0.4 is 5.32 Å². The van der Waals surface area contributed by atoms with E-state index in [0.717, 1.165) is 19.1 Å². The van der Waals surface area contributed by atoms with E-state index in [1.165, 1.54) is 38.6 Å². The van der Waals surface area contributed by atoms with Crippen molar-refractivity contribution >= 4 is 0 Å². The van der Waals surface area contributed by atoms with Crippen molar-refractivity contribution in [3.05, 3.63) is 0 Å². The molecule has 1 unspecified atom stereocenters. The monoisotopic (exact) mass is 201 g/mol. The van der Waals surface area contributed by atoms with Crippen LogP contribution in [0.5, 0.6) is 0 Å². The highest BCUT2D eigenvalue weighted by Crippen LogP contribution is 2.08. The summed E-state index contributed by atoms with van der Waals surface area (Å²) in [6, 6.07) is 0. The van der Waals surface area contributed by atoms with Gasteiger partial charge in [0, 0.05) is 13.7 Å². The lowest BCUT2D eigenvalue weighted by molar-refractivity contribution is 0.191. The van der Waals surface area contributed by atoms with E-state index < -0.39 is 0 Å². The van der Waals surface area contributed by atoms with Gasteiger partial charge in [-0.3, -0.25) is 0 Å². The van der Waals surface area contributed by atoms with Gasteiger partial charge in [0.1, 0.15) is 0 Å². The second kappa shape index (κ2) is 11.0. The largest absolute Gasteiger partial charge is 0.385 e. The first kappa shape index (κ1) is 13.9. The molecule has 0 aliphatic carbocycles. The maximum Gasteiger partial charge on any atom is 0.0462 e. The molecule has 0 aromatic carbocycles. The first-order valence-electron chi connectivity index (χ1n) is 6.00. The summed E-state index contributed by atoms with van der Waals surface area (Å²) in [6.07, 6.45) is 6.46. The molecule has 0 amide bonds. The predicted molar refractivity (Wildman–Crippen MR) is 62.7 cm³/mol. The van der Waals surface area contributed by atoms with E-state index >= 15 is 0 Å². The van der Waals surface area contributed by atoms with Gasteiger partial charge < -0.3 is 10.1 Å². The Bertz CT molecular complexity index is 106. The molecule has 86 valence electrons. The molecule has 0 bridgehead atoms. The third-order valence-electron chi connectivity index (χ3n) is 2.46. The molecule has 14 heavy (non-hydrogen) atoms. The molecule has 1 atom stereocenters. The summed E-state index contributed by atoms with van der Waals surface area (Å²) < 4.78 is 5.02. The Balaban J connectivity index is 3.06. The molecule has 0 spiro atoms. The highest BCUT2D eigenvalue weighted by molar-refractivity contribution is 4.57. The molecule has 0 heterocycles. The topological polar surface area (TPSA) is 21.3 Å². The Labute approximate surface area is 89.4 Å². The van der Waals surface area contributed by atoms with Crippen LogP contribution in [0.25, 0.3) is 0 Å². The Morgan fingerprint density at radius 3 is 2.64 bits per heavy atom. The number of unbranched alkanes of at least 4 members (excludes halogenated alkanes) is 2. The van der Waals surface area contributed by atoms with E-state index in [0.29, 0.717) is 0 Å². The predicted octanol–water partition coefficient (Wildman–Crippen LogP) is 2.83. The van der Waals surface area contributed by atoms with Gasteiger partial charge in [0.05, 0.1) is 0 Å². The van der Waals surface area contributed by atoms with Crippen LogP contribution >= 0.6 is 0 Å². The summed E-state index contributed by atoms with van der Waals surface area (Å²) in [6.45, 7) is 7.80. The fourth-order valence-corrected chi connectivity index (χ4v) is 1.54. The summed E-state index contributed by atoms with van der Waals surface area (Å²) in [5, 5.41) is 3.46. The van der Waals surface area contributed by atoms with Crippen molar-refractivity contribution in [1.29, 1.82) is 0 Å². The maximum atomic E-state index is 5.02. The molecule has 0 aliphatic heterocycles. The molecule has 0 aliphatic rings. The number of methoxy groups -OCH3 is 1. The summed E-state index contributed by atoms with van der Waals surface area (Å²) in [5.41, 5.74) is 0. The summed E-state index contributed by atoms with van der Waals surface area (Å²) >= 11 is 0. The van der Waals surface area contributed by atoms with Crippen LogP contribution in [-0.2, 0) is 4.74 Å². The number of hydrogen-bond donors (Lipinski definition) is 1. The Hall–Kier alpha value is -0.0800. The van der Waals surface area contributed by atoms with E-state index in [1.807, 2.05) is 0 Å². The van der Waals surface area contributed by atoms with Gasteiger partial charge in [-0.15, -0.1) is 0 Å². The van der Waals surface area contributed by atoms with E-state index in [4.69, 9.17) is 4.74 Å². The highest BCUT2D eigenvalue weighted by atomic mass is 16.5. The van der Waals surface area contributed by atoms with Crippen LogP contribution in [0.4, 0.5) is 0 Å². The fourth-order valence-electron chi connectivity index (χ4n) is 1.54. The Morgan fingerprint density at radius 2 is 2.00 bits per heavy atom. The Kier molecular flexibility index (Phi) is 10.9. The third-order valence-corrected chi connectivity index (χ3v) is 2.46. The quantitative estimate of drug-likeness (QED) is 0.549. The van der Waals surface area contributed by atoms with Crippen molar-refractivity contribution in [2.75, 3.05) is 26.8 Å². The lowest BCUT2D eigenvalue weighted by atomic mass is 10.0. The zero-order valence-corrected chi connectivity index (χ0v) is 10.1. The molecule has 0 radical (unpaired) electrons. The summed E-state index contributed by atoms with van der Waals surface area (Å²) in [7, 11) is 1.78. The molecule has 2 heteroatoms. The SMILES string of the molecule is CCCNCC(C)CCCCCOC. The molecular weight excluding hydrogens is 174 g/mol. The van der Waals surface area contributed by atoms with E-state index in [9.17, 15) is 0 Å². The van der Waals surface area contributed by atoms with Gasteiger partial charge in [0.2, 0.25) is 0 Å². The second-order valence-corrected chi connectivity index (χ2v) is 4.15. The van der Waals surface area contributed by atoms with Gasteiger partial charge >= 0.3 is 0 Å². The molecule has 0 aromatic heterocycles. The van der Waals surface area contributed by atoms with Gasteiger partial charge in [-0.1, -0.05) is 26.7 Å². The van der Waals surface area contributed by atoms with Crippen molar-refractivity contribution < 1.29 is 4.74 Å². The van der Waals surface area contributed by atoms with Crippen LogP contribution in [-0.4, -0.2) is 26.8 Å². The van der Waals surface area contributed by atoms with E-state index in [2.05, 4.69) is 19.2 Å². The maximum absolute atomic E-state index is 5.02. The van der Waals surface area contributed by atoms with Crippen molar-refractivity contribution in [1.82, 2.24) is 5.32 Å². The van der Waals surface area contributed by atoms with Crippen LogP contribution in [0, 0.1) is 5.92 Å². The molecule has 2 nitrogen and oxygen atoms in total. The van der Waals surface area contributed by atoms with Gasteiger partial charge in [-0.25, -0.2) is 0 Å². The van der Waals surface area contributed by atoms with Gasteiger partial charge in [-0.05, 0) is 38.3 Å². The second-order valence-electron chi connectivity index (χ2n) is 4.15. The zero-order chi connectivity index (χ0) is 10.6. The lowest BCUT2D eigenvalue weighted by Gasteiger charge is -2.11. The molecule has 0 saturated heterocycles. The van der Waals surface area contributed by atoms with Crippen LogP contribution in [0.15, 0.2) is 0 Å². The number of ether oxygens (including phenoxy) is 1. The minimum absolute atomic E-state index is 0.823. The van der Waals surface area contributed by atoms with Crippen molar-refractivity contribution in [2.45, 2.75) is 46.0 Å².